The molecule has 1 atom stereocenters. The lowest BCUT2D eigenvalue weighted by Gasteiger charge is -2.39. The van der Waals surface area contributed by atoms with Gasteiger partial charge in [0.1, 0.15) is 23.1 Å². The molecule has 8 heteroatoms. The van der Waals surface area contributed by atoms with Crippen LogP contribution in [-0.2, 0) is 25.9 Å². The van der Waals surface area contributed by atoms with Gasteiger partial charge in [-0.15, -0.1) is 0 Å². The molecule has 2 aliphatic heterocycles. The number of ether oxygens (including phenoxy) is 1. The Morgan fingerprint density at radius 1 is 1.21 bits per heavy atom. The van der Waals surface area contributed by atoms with E-state index in [1.54, 1.807) is 31.9 Å². The number of hydrogen-bond donors (Lipinski definition) is 1. The quantitative estimate of drug-likeness (QED) is 0.833. The normalized spacial score (nSPS) is 19.3. The number of anilines is 1. The molecule has 0 bridgehead atoms. The maximum atomic E-state index is 12.5. The number of carbonyl (C=O) groups excluding carboxylic acids is 2. The van der Waals surface area contributed by atoms with Crippen LogP contribution in [0.4, 0.5) is 10.5 Å². The van der Waals surface area contributed by atoms with Gasteiger partial charge in [-0.3, -0.25) is 9.10 Å². The van der Waals surface area contributed by atoms with Crippen LogP contribution < -0.4 is 9.62 Å². The Balaban J connectivity index is 1.60. The minimum atomic E-state index is -1.07. The molecule has 0 aromatic heterocycles. The number of para-hydroxylation sites is 1. The number of carbonyl (C=O) groups is 2. The first-order chi connectivity index (χ1) is 13.1. The second-order valence-corrected chi connectivity index (χ2v) is 9.78. The number of fused-ring (bicyclic) bond motifs is 2. The van der Waals surface area contributed by atoms with Crippen LogP contribution in [0, 0.1) is 0 Å². The summed E-state index contributed by atoms with van der Waals surface area (Å²) in [5, 5.41) is 2.53. The molecule has 1 saturated heterocycles. The van der Waals surface area contributed by atoms with Crippen LogP contribution in [0.1, 0.15) is 39.2 Å². The third kappa shape index (κ3) is 4.32. The van der Waals surface area contributed by atoms with E-state index in [4.69, 9.17) is 4.74 Å². The lowest BCUT2D eigenvalue weighted by molar-refractivity contribution is -0.131. The molecule has 2 aliphatic rings. The number of amides is 2. The van der Waals surface area contributed by atoms with E-state index in [1.807, 2.05) is 22.5 Å². The molecule has 1 fully saturated rings. The second kappa shape index (κ2) is 7.73. The number of benzene rings is 1. The van der Waals surface area contributed by atoms with Crippen LogP contribution in [0.2, 0.25) is 0 Å². The molecule has 1 unspecified atom stereocenters. The van der Waals surface area contributed by atoms with Crippen molar-refractivity contribution < 1.29 is 18.5 Å². The highest BCUT2D eigenvalue weighted by molar-refractivity contribution is 7.85. The second-order valence-electron chi connectivity index (χ2n) is 8.49. The van der Waals surface area contributed by atoms with Crippen LogP contribution in [0.15, 0.2) is 24.3 Å². The highest BCUT2D eigenvalue weighted by atomic mass is 32.2. The molecule has 0 radical (unpaired) electrons. The first-order valence-electron chi connectivity index (χ1n) is 9.56. The summed E-state index contributed by atoms with van der Waals surface area (Å²) in [5.41, 5.74) is 1.60. The Labute approximate surface area is 169 Å². The number of nitrogens with one attached hydrogen (secondary N) is 1. The van der Waals surface area contributed by atoms with Gasteiger partial charge in [0.25, 0.3) is 0 Å². The van der Waals surface area contributed by atoms with E-state index < -0.39 is 22.7 Å². The van der Waals surface area contributed by atoms with Crippen molar-refractivity contribution in [3.8, 4) is 0 Å². The molecule has 0 aliphatic carbocycles. The fourth-order valence-corrected chi connectivity index (χ4v) is 4.86. The van der Waals surface area contributed by atoms with E-state index in [0.29, 0.717) is 19.6 Å². The van der Waals surface area contributed by atoms with E-state index in [2.05, 4.69) is 11.4 Å². The third-order valence-corrected chi connectivity index (χ3v) is 6.30. The number of alkyl carbamates (subject to hydrolysis) is 1. The topological polar surface area (TPSA) is 79.0 Å². The average Bonchev–Trinajstić information content (AvgIpc) is 2.94. The lowest BCUT2D eigenvalue weighted by Crippen LogP contribution is -2.50. The SMILES string of the molecule is CS(=O)N1CC2(CCN(C(=O)CNC(=O)OC(C)(C)C)CC2)c2ccccc21. The Kier molecular flexibility index (Phi) is 5.70. The smallest absolute Gasteiger partial charge is 0.408 e. The molecule has 1 N–H and O–H groups in total. The van der Waals surface area contributed by atoms with Gasteiger partial charge in [-0.2, -0.15) is 0 Å². The molecule has 2 amide bonds. The standard InChI is InChI=1S/C20H29N3O4S/c1-19(2,3)27-18(25)21-13-17(24)22-11-9-20(10-12-22)14-23(28(4)26)16-8-6-5-7-15(16)20/h5-8H,9-14H2,1-4H3,(H,21,25). The Morgan fingerprint density at radius 3 is 2.46 bits per heavy atom. The van der Waals surface area contributed by atoms with Gasteiger partial charge in [-0.05, 0) is 45.2 Å². The summed E-state index contributed by atoms with van der Waals surface area (Å²) in [5.74, 6) is -0.108. The zero-order chi connectivity index (χ0) is 20.5. The minimum Gasteiger partial charge on any atom is -0.444 e. The Bertz CT molecular complexity index is 782. The van der Waals surface area contributed by atoms with E-state index in [-0.39, 0.29) is 17.9 Å². The van der Waals surface area contributed by atoms with Crippen LogP contribution in [0.3, 0.4) is 0 Å². The molecule has 1 spiro atoms. The van der Waals surface area contributed by atoms with Crippen molar-refractivity contribution in [3.05, 3.63) is 29.8 Å². The van der Waals surface area contributed by atoms with Gasteiger partial charge in [-0.25, -0.2) is 9.00 Å². The Hall–Kier alpha value is -2.09. The molecule has 2 heterocycles. The van der Waals surface area contributed by atoms with E-state index in [9.17, 15) is 13.8 Å². The molecule has 7 nitrogen and oxygen atoms in total. The summed E-state index contributed by atoms with van der Waals surface area (Å²) in [6.07, 6.45) is 2.75. The van der Waals surface area contributed by atoms with Crippen molar-refractivity contribution in [2.45, 2.75) is 44.6 Å². The van der Waals surface area contributed by atoms with Crippen molar-refractivity contribution in [2.75, 3.05) is 36.7 Å². The van der Waals surface area contributed by atoms with Crippen LogP contribution >= 0.6 is 0 Å². The van der Waals surface area contributed by atoms with E-state index >= 15 is 0 Å². The lowest BCUT2D eigenvalue weighted by atomic mass is 9.74. The molecule has 28 heavy (non-hydrogen) atoms. The van der Waals surface area contributed by atoms with Crippen LogP contribution in [0.25, 0.3) is 0 Å². The first-order valence-corrected chi connectivity index (χ1v) is 11.1. The molecule has 3 rings (SSSR count). The number of piperidine rings is 1. The summed E-state index contributed by atoms with van der Waals surface area (Å²) in [7, 11) is -1.07. The average molecular weight is 408 g/mol. The summed E-state index contributed by atoms with van der Waals surface area (Å²) in [6.45, 7) is 7.23. The van der Waals surface area contributed by atoms with Gasteiger partial charge in [-0.1, -0.05) is 18.2 Å². The van der Waals surface area contributed by atoms with Crippen molar-refractivity contribution in [1.29, 1.82) is 0 Å². The maximum Gasteiger partial charge on any atom is 0.408 e. The van der Waals surface area contributed by atoms with Crippen molar-refractivity contribution in [3.63, 3.8) is 0 Å². The third-order valence-electron chi connectivity index (χ3n) is 5.36. The monoisotopic (exact) mass is 407 g/mol. The molecule has 0 saturated carbocycles. The fourth-order valence-electron chi connectivity index (χ4n) is 4.00. The highest BCUT2D eigenvalue weighted by Crippen LogP contribution is 2.47. The first kappa shape index (κ1) is 20.6. The highest BCUT2D eigenvalue weighted by Gasteiger charge is 2.46. The molecule has 1 aromatic rings. The van der Waals surface area contributed by atoms with Crippen molar-refractivity contribution in [2.24, 2.45) is 0 Å². The molecule has 154 valence electrons. The van der Waals surface area contributed by atoms with E-state index in [1.165, 1.54) is 5.56 Å². The number of rotatable bonds is 3. The molecular weight excluding hydrogens is 378 g/mol. The van der Waals surface area contributed by atoms with Crippen LogP contribution in [-0.4, -0.2) is 59.1 Å². The molecule has 1 aromatic carbocycles. The maximum absolute atomic E-state index is 12.5. The van der Waals surface area contributed by atoms with Crippen molar-refractivity contribution in [1.82, 2.24) is 10.2 Å². The fraction of sp³-hybridized carbons (Fsp3) is 0.600. The van der Waals surface area contributed by atoms with Gasteiger partial charge in [0.05, 0.1) is 5.69 Å². The van der Waals surface area contributed by atoms with Gasteiger partial charge < -0.3 is 15.0 Å². The zero-order valence-electron chi connectivity index (χ0n) is 17.0. The summed E-state index contributed by atoms with van der Waals surface area (Å²) in [4.78, 5) is 26.0. The van der Waals surface area contributed by atoms with Gasteiger partial charge in [0.15, 0.2) is 0 Å². The van der Waals surface area contributed by atoms with Gasteiger partial charge in [0, 0.05) is 31.3 Å². The minimum absolute atomic E-state index is 0.0659. The van der Waals surface area contributed by atoms with Crippen LogP contribution in [0.5, 0.6) is 0 Å². The predicted molar refractivity (Wildman–Crippen MR) is 110 cm³/mol. The number of hydrogen-bond acceptors (Lipinski definition) is 4. The molecular formula is C20H29N3O4S. The summed E-state index contributed by atoms with van der Waals surface area (Å²) in [6, 6.07) is 8.13. The number of likely N-dealkylation sites (tertiary alicyclic amines) is 1. The van der Waals surface area contributed by atoms with Gasteiger partial charge >= 0.3 is 6.09 Å². The summed E-state index contributed by atoms with van der Waals surface area (Å²) < 4.78 is 19.3. The zero-order valence-corrected chi connectivity index (χ0v) is 17.8. The van der Waals surface area contributed by atoms with E-state index in [0.717, 1.165) is 18.5 Å². The summed E-state index contributed by atoms with van der Waals surface area (Å²) >= 11 is 0. The largest absolute Gasteiger partial charge is 0.444 e. The Morgan fingerprint density at radius 2 is 1.86 bits per heavy atom. The van der Waals surface area contributed by atoms with Gasteiger partial charge in [0.2, 0.25) is 5.91 Å². The van der Waals surface area contributed by atoms with Crippen molar-refractivity contribution >= 4 is 28.7 Å². The predicted octanol–water partition coefficient (Wildman–Crippen LogP) is 2.18. The number of nitrogens with zero attached hydrogens (tertiary/aromatic N) is 2.